The fraction of sp³-hybridized carbons (Fsp3) is 0.500. The lowest BCUT2D eigenvalue weighted by Gasteiger charge is -2.30. The standard InChI is InChI=1S/C14H20N2O3/c1-16-9-3-4-10-11(7-8-15-14(17)18)13(19-2)6-5-12(10)16/h5-6,15H,3-4,7-9H2,1-2H3,(H,17,18). The van der Waals surface area contributed by atoms with Crippen molar-refractivity contribution in [3.8, 4) is 5.75 Å². The smallest absolute Gasteiger partial charge is 0.404 e. The predicted molar refractivity (Wildman–Crippen MR) is 74.3 cm³/mol. The van der Waals surface area contributed by atoms with E-state index in [1.165, 1.54) is 11.3 Å². The van der Waals surface area contributed by atoms with Crippen LogP contribution in [0.25, 0.3) is 0 Å². The second-order valence-corrected chi connectivity index (χ2v) is 4.75. The van der Waals surface area contributed by atoms with E-state index >= 15 is 0 Å². The normalized spacial score (nSPS) is 13.9. The Morgan fingerprint density at radius 3 is 3.00 bits per heavy atom. The average molecular weight is 264 g/mol. The zero-order valence-electron chi connectivity index (χ0n) is 11.4. The van der Waals surface area contributed by atoms with Crippen molar-refractivity contribution >= 4 is 11.8 Å². The van der Waals surface area contributed by atoms with E-state index < -0.39 is 6.09 Å². The summed E-state index contributed by atoms with van der Waals surface area (Å²) in [6.45, 7) is 1.47. The lowest BCUT2D eigenvalue weighted by molar-refractivity contribution is 0.194. The molecule has 1 aliphatic heterocycles. The molecule has 2 N–H and O–H groups in total. The van der Waals surface area contributed by atoms with Crippen LogP contribution in [0.2, 0.25) is 0 Å². The predicted octanol–water partition coefficient (Wildman–Crippen LogP) is 1.89. The molecule has 0 saturated heterocycles. The number of rotatable bonds is 4. The molecule has 104 valence electrons. The Labute approximate surface area is 113 Å². The monoisotopic (exact) mass is 264 g/mol. The van der Waals surface area contributed by atoms with Crippen LogP contribution in [-0.2, 0) is 12.8 Å². The molecule has 1 aromatic carbocycles. The van der Waals surface area contributed by atoms with Gasteiger partial charge in [0.15, 0.2) is 0 Å². The van der Waals surface area contributed by atoms with Crippen LogP contribution in [0.1, 0.15) is 17.5 Å². The first-order chi connectivity index (χ1) is 9.13. The third-order valence-corrected chi connectivity index (χ3v) is 3.57. The first-order valence-corrected chi connectivity index (χ1v) is 6.50. The number of fused-ring (bicyclic) bond motifs is 1. The highest BCUT2D eigenvalue weighted by atomic mass is 16.5. The van der Waals surface area contributed by atoms with Crippen molar-refractivity contribution in [2.75, 3.05) is 32.1 Å². The Hall–Kier alpha value is -1.91. The van der Waals surface area contributed by atoms with Crippen LogP contribution in [0.4, 0.5) is 10.5 Å². The van der Waals surface area contributed by atoms with E-state index in [0.717, 1.165) is 30.7 Å². The third kappa shape index (κ3) is 2.92. The number of ether oxygens (including phenoxy) is 1. The van der Waals surface area contributed by atoms with Gasteiger partial charge in [0.1, 0.15) is 5.75 Å². The molecular formula is C14H20N2O3. The van der Waals surface area contributed by atoms with Crippen LogP contribution in [-0.4, -0.2) is 38.4 Å². The van der Waals surface area contributed by atoms with Gasteiger partial charge in [0.25, 0.3) is 0 Å². The van der Waals surface area contributed by atoms with Gasteiger partial charge in [-0.05, 0) is 37.0 Å². The molecule has 0 radical (unpaired) electrons. The van der Waals surface area contributed by atoms with E-state index in [1.54, 1.807) is 7.11 Å². The van der Waals surface area contributed by atoms with Gasteiger partial charge in [-0.15, -0.1) is 0 Å². The first kappa shape index (κ1) is 13.5. The maximum absolute atomic E-state index is 10.5. The minimum absolute atomic E-state index is 0.409. The van der Waals surface area contributed by atoms with Crippen LogP contribution in [0.15, 0.2) is 12.1 Å². The molecule has 0 aromatic heterocycles. The molecule has 0 atom stereocenters. The summed E-state index contributed by atoms with van der Waals surface area (Å²) in [5, 5.41) is 11.1. The summed E-state index contributed by atoms with van der Waals surface area (Å²) >= 11 is 0. The first-order valence-electron chi connectivity index (χ1n) is 6.50. The molecule has 1 amide bonds. The van der Waals surface area contributed by atoms with Gasteiger partial charge in [-0.25, -0.2) is 4.79 Å². The van der Waals surface area contributed by atoms with Crippen LogP contribution >= 0.6 is 0 Å². The van der Waals surface area contributed by atoms with Gasteiger partial charge in [-0.1, -0.05) is 0 Å². The van der Waals surface area contributed by atoms with E-state index in [2.05, 4.69) is 23.3 Å². The SMILES string of the molecule is COc1ccc2c(c1CCNC(=O)O)CCCN2C. The van der Waals surface area contributed by atoms with Gasteiger partial charge in [0.2, 0.25) is 0 Å². The summed E-state index contributed by atoms with van der Waals surface area (Å²) in [6, 6.07) is 4.05. The molecule has 2 rings (SSSR count). The molecule has 0 spiro atoms. The number of benzene rings is 1. The Kier molecular flexibility index (Phi) is 4.14. The van der Waals surface area contributed by atoms with Crippen molar-refractivity contribution in [3.05, 3.63) is 23.3 Å². The minimum Gasteiger partial charge on any atom is -0.496 e. The highest BCUT2D eigenvalue weighted by Gasteiger charge is 2.19. The third-order valence-electron chi connectivity index (χ3n) is 3.57. The van der Waals surface area contributed by atoms with Crippen LogP contribution < -0.4 is 15.0 Å². The van der Waals surface area contributed by atoms with E-state index in [1.807, 2.05) is 6.07 Å². The number of carboxylic acid groups (broad SMARTS) is 1. The molecule has 0 saturated carbocycles. The van der Waals surface area contributed by atoms with E-state index in [4.69, 9.17) is 9.84 Å². The molecule has 1 heterocycles. The summed E-state index contributed by atoms with van der Waals surface area (Å²) in [4.78, 5) is 12.8. The molecule has 1 aliphatic rings. The number of nitrogens with zero attached hydrogens (tertiary/aromatic N) is 1. The maximum Gasteiger partial charge on any atom is 0.404 e. The van der Waals surface area contributed by atoms with Crippen LogP contribution in [0.3, 0.4) is 0 Å². The van der Waals surface area contributed by atoms with Crippen molar-refractivity contribution in [2.45, 2.75) is 19.3 Å². The number of hydrogen-bond donors (Lipinski definition) is 2. The summed E-state index contributed by atoms with van der Waals surface area (Å²) < 4.78 is 5.41. The van der Waals surface area contributed by atoms with Gasteiger partial charge in [0.05, 0.1) is 7.11 Å². The number of methoxy groups -OCH3 is 1. The number of carbonyl (C=O) groups is 1. The van der Waals surface area contributed by atoms with Gasteiger partial charge in [0, 0.05) is 31.4 Å². The second-order valence-electron chi connectivity index (χ2n) is 4.75. The fourth-order valence-electron chi connectivity index (χ4n) is 2.67. The molecule has 0 unspecified atom stereocenters. The Morgan fingerprint density at radius 2 is 2.32 bits per heavy atom. The molecule has 0 bridgehead atoms. The van der Waals surface area contributed by atoms with Crippen molar-refractivity contribution in [3.63, 3.8) is 0 Å². The van der Waals surface area contributed by atoms with Gasteiger partial charge >= 0.3 is 6.09 Å². The molecule has 1 aromatic rings. The molecule has 5 heteroatoms. The average Bonchev–Trinajstić information content (AvgIpc) is 2.39. The summed E-state index contributed by atoms with van der Waals surface area (Å²) in [7, 11) is 3.74. The lowest BCUT2D eigenvalue weighted by Crippen LogP contribution is -2.27. The zero-order valence-corrected chi connectivity index (χ0v) is 11.4. The van der Waals surface area contributed by atoms with Crippen molar-refractivity contribution < 1.29 is 14.6 Å². The summed E-state index contributed by atoms with van der Waals surface area (Å²) in [6.07, 6.45) is 1.82. The summed E-state index contributed by atoms with van der Waals surface area (Å²) in [5.41, 5.74) is 3.65. The van der Waals surface area contributed by atoms with Crippen molar-refractivity contribution in [1.29, 1.82) is 0 Å². The minimum atomic E-state index is -0.985. The molecule has 0 aliphatic carbocycles. The zero-order chi connectivity index (χ0) is 13.8. The van der Waals surface area contributed by atoms with E-state index in [9.17, 15) is 4.79 Å². The maximum atomic E-state index is 10.5. The molecule has 19 heavy (non-hydrogen) atoms. The van der Waals surface area contributed by atoms with Crippen molar-refractivity contribution in [1.82, 2.24) is 5.32 Å². The highest BCUT2D eigenvalue weighted by Crippen LogP contribution is 2.34. The largest absolute Gasteiger partial charge is 0.496 e. The highest BCUT2D eigenvalue weighted by molar-refractivity contribution is 5.65. The topological polar surface area (TPSA) is 61.8 Å². The van der Waals surface area contributed by atoms with Gasteiger partial charge < -0.3 is 20.1 Å². The second kappa shape index (κ2) is 5.82. The number of amides is 1. The van der Waals surface area contributed by atoms with Gasteiger partial charge in [-0.3, -0.25) is 0 Å². The Balaban J connectivity index is 2.27. The van der Waals surface area contributed by atoms with E-state index in [0.29, 0.717) is 13.0 Å². The van der Waals surface area contributed by atoms with Crippen LogP contribution in [0, 0.1) is 0 Å². The van der Waals surface area contributed by atoms with Crippen molar-refractivity contribution in [2.24, 2.45) is 0 Å². The molecule has 5 nitrogen and oxygen atoms in total. The number of hydrogen-bond acceptors (Lipinski definition) is 3. The molecule has 0 fully saturated rings. The number of nitrogens with one attached hydrogen (secondary N) is 1. The van der Waals surface area contributed by atoms with Gasteiger partial charge in [-0.2, -0.15) is 0 Å². The Bertz CT molecular complexity index is 474. The van der Waals surface area contributed by atoms with Crippen LogP contribution in [0.5, 0.6) is 5.75 Å². The quantitative estimate of drug-likeness (QED) is 0.871. The molecular weight excluding hydrogens is 244 g/mol. The summed E-state index contributed by atoms with van der Waals surface area (Å²) in [5.74, 6) is 0.848. The number of anilines is 1. The Morgan fingerprint density at radius 1 is 1.53 bits per heavy atom. The fourth-order valence-corrected chi connectivity index (χ4v) is 2.67. The van der Waals surface area contributed by atoms with E-state index in [-0.39, 0.29) is 0 Å². The lowest BCUT2D eigenvalue weighted by atomic mass is 9.94.